The molecule has 0 amide bonds. The summed E-state index contributed by atoms with van der Waals surface area (Å²) in [5.41, 5.74) is 1.47. The molecular formula is C16H22O4S. The molecule has 116 valence electrons. The normalized spacial score (nSPS) is 18.3. The summed E-state index contributed by atoms with van der Waals surface area (Å²) in [6.45, 7) is 8.03. The third-order valence-corrected chi connectivity index (χ3v) is 6.05. The molecule has 0 saturated heterocycles. The SMILES string of the molecule is CCCCOC(=O)c1ccc2c(c1C)C(C)(C)CS2(=O)=O. The van der Waals surface area contributed by atoms with Crippen LogP contribution in [-0.2, 0) is 20.0 Å². The Morgan fingerprint density at radius 3 is 2.62 bits per heavy atom. The Balaban J connectivity index is 2.44. The predicted molar refractivity (Wildman–Crippen MR) is 81.4 cm³/mol. The van der Waals surface area contributed by atoms with Crippen LogP contribution in [0.2, 0.25) is 0 Å². The van der Waals surface area contributed by atoms with Crippen molar-refractivity contribution < 1.29 is 17.9 Å². The molecule has 0 fully saturated rings. The Labute approximate surface area is 126 Å². The largest absolute Gasteiger partial charge is 0.462 e. The number of hydrogen-bond acceptors (Lipinski definition) is 4. The van der Waals surface area contributed by atoms with Gasteiger partial charge in [-0.25, -0.2) is 13.2 Å². The van der Waals surface area contributed by atoms with Crippen molar-refractivity contribution in [3.8, 4) is 0 Å². The monoisotopic (exact) mass is 310 g/mol. The summed E-state index contributed by atoms with van der Waals surface area (Å²) in [7, 11) is -3.25. The van der Waals surface area contributed by atoms with Gasteiger partial charge in [0.2, 0.25) is 0 Å². The number of carbonyl (C=O) groups excluding carboxylic acids is 1. The highest BCUT2D eigenvalue weighted by Gasteiger charge is 2.42. The van der Waals surface area contributed by atoms with Gasteiger partial charge in [-0.2, -0.15) is 0 Å². The number of carbonyl (C=O) groups is 1. The van der Waals surface area contributed by atoms with Crippen LogP contribution >= 0.6 is 0 Å². The molecule has 4 nitrogen and oxygen atoms in total. The van der Waals surface area contributed by atoms with Gasteiger partial charge in [-0.1, -0.05) is 27.2 Å². The van der Waals surface area contributed by atoms with Crippen LogP contribution in [0.5, 0.6) is 0 Å². The van der Waals surface area contributed by atoms with Crippen LogP contribution < -0.4 is 0 Å². The zero-order chi connectivity index (χ0) is 15.8. The van der Waals surface area contributed by atoms with Gasteiger partial charge in [0.05, 0.1) is 22.8 Å². The van der Waals surface area contributed by atoms with Gasteiger partial charge in [0.15, 0.2) is 9.84 Å². The van der Waals surface area contributed by atoms with Crippen molar-refractivity contribution in [2.75, 3.05) is 12.4 Å². The second-order valence-electron chi connectivity index (χ2n) is 6.24. The van der Waals surface area contributed by atoms with E-state index in [4.69, 9.17) is 4.74 Å². The van der Waals surface area contributed by atoms with E-state index in [1.807, 2.05) is 20.8 Å². The summed E-state index contributed by atoms with van der Waals surface area (Å²) in [5.74, 6) is -0.284. The average Bonchev–Trinajstić information content (AvgIpc) is 2.55. The molecule has 0 atom stereocenters. The smallest absolute Gasteiger partial charge is 0.338 e. The lowest BCUT2D eigenvalue weighted by Gasteiger charge is -2.20. The van der Waals surface area contributed by atoms with Crippen LogP contribution in [0.3, 0.4) is 0 Å². The summed E-state index contributed by atoms with van der Waals surface area (Å²) in [6, 6.07) is 3.12. The van der Waals surface area contributed by atoms with Gasteiger partial charge in [-0.15, -0.1) is 0 Å². The van der Waals surface area contributed by atoms with Crippen LogP contribution in [0.15, 0.2) is 17.0 Å². The molecule has 0 aliphatic carbocycles. The summed E-state index contributed by atoms with van der Waals surface area (Å²) in [5, 5.41) is 0. The number of esters is 1. The lowest BCUT2D eigenvalue weighted by atomic mass is 9.82. The second kappa shape index (κ2) is 5.44. The standard InChI is InChI=1S/C16H22O4S/c1-5-6-9-20-15(17)12-7-8-13-14(11(12)2)16(3,4)10-21(13,18)19/h7-8H,5-6,9-10H2,1-4H3. The Kier molecular flexibility index (Phi) is 4.15. The first-order valence-corrected chi connectivity index (χ1v) is 8.90. The summed E-state index contributed by atoms with van der Waals surface area (Å²) < 4.78 is 29.6. The average molecular weight is 310 g/mol. The van der Waals surface area contributed by atoms with E-state index in [0.29, 0.717) is 17.1 Å². The second-order valence-corrected chi connectivity index (χ2v) is 8.20. The molecule has 1 aliphatic rings. The third kappa shape index (κ3) is 2.84. The van der Waals surface area contributed by atoms with Crippen molar-refractivity contribution in [2.24, 2.45) is 0 Å². The van der Waals surface area contributed by atoms with Crippen molar-refractivity contribution in [1.82, 2.24) is 0 Å². The lowest BCUT2D eigenvalue weighted by Crippen LogP contribution is -2.21. The molecule has 0 aromatic heterocycles. The van der Waals surface area contributed by atoms with Gasteiger partial charge >= 0.3 is 5.97 Å². The van der Waals surface area contributed by atoms with Gasteiger partial charge < -0.3 is 4.74 Å². The first kappa shape index (κ1) is 16.0. The first-order chi connectivity index (χ1) is 9.70. The van der Waals surface area contributed by atoms with Gasteiger partial charge in [-0.3, -0.25) is 0 Å². The fourth-order valence-corrected chi connectivity index (χ4v) is 5.29. The summed E-state index contributed by atoms with van der Waals surface area (Å²) in [4.78, 5) is 12.5. The van der Waals surface area contributed by atoms with Crippen molar-refractivity contribution >= 4 is 15.8 Å². The van der Waals surface area contributed by atoms with E-state index in [-0.39, 0.29) is 11.7 Å². The quantitative estimate of drug-likeness (QED) is 0.633. The Morgan fingerprint density at radius 1 is 1.33 bits per heavy atom. The number of benzene rings is 1. The van der Waals surface area contributed by atoms with Gasteiger partial charge in [0.25, 0.3) is 0 Å². The molecule has 0 N–H and O–H groups in total. The van der Waals surface area contributed by atoms with E-state index < -0.39 is 15.3 Å². The maximum atomic E-state index is 12.2. The minimum atomic E-state index is -3.25. The summed E-state index contributed by atoms with van der Waals surface area (Å²) in [6.07, 6.45) is 1.79. The predicted octanol–water partition coefficient (Wildman–Crippen LogP) is 3.02. The number of unbranched alkanes of at least 4 members (excludes halogenated alkanes) is 1. The molecule has 5 heteroatoms. The van der Waals surface area contributed by atoms with E-state index in [9.17, 15) is 13.2 Å². The number of hydrogen-bond donors (Lipinski definition) is 0. The summed E-state index contributed by atoms with van der Waals surface area (Å²) >= 11 is 0. The van der Waals surface area contributed by atoms with Crippen LogP contribution in [0.25, 0.3) is 0 Å². The van der Waals surface area contributed by atoms with Crippen molar-refractivity contribution in [3.05, 3.63) is 28.8 Å². The van der Waals surface area contributed by atoms with Crippen LogP contribution in [0, 0.1) is 6.92 Å². The Hall–Kier alpha value is -1.36. The van der Waals surface area contributed by atoms with Crippen molar-refractivity contribution in [2.45, 2.75) is 50.8 Å². The van der Waals surface area contributed by atoms with Gasteiger partial charge in [-0.05, 0) is 36.6 Å². The van der Waals surface area contributed by atoms with E-state index in [0.717, 1.165) is 24.0 Å². The molecule has 1 aromatic rings. The molecule has 1 aliphatic heterocycles. The molecule has 21 heavy (non-hydrogen) atoms. The zero-order valence-corrected chi connectivity index (χ0v) is 13.8. The number of sulfone groups is 1. The molecule has 1 heterocycles. The fourth-order valence-electron chi connectivity index (χ4n) is 3.02. The zero-order valence-electron chi connectivity index (χ0n) is 13.0. The van der Waals surface area contributed by atoms with E-state index in [1.54, 1.807) is 19.1 Å². The minimum Gasteiger partial charge on any atom is -0.462 e. The van der Waals surface area contributed by atoms with Crippen LogP contribution in [0.1, 0.15) is 55.1 Å². The molecule has 0 spiro atoms. The fraction of sp³-hybridized carbons (Fsp3) is 0.562. The van der Waals surface area contributed by atoms with Gasteiger partial charge in [0.1, 0.15) is 0 Å². The third-order valence-electron chi connectivity index (χ3n) is 3.94. The molecular weight excluding hydrogens is 288 g/mol. The van der Waals surface area contributed by atoms with Crippen molar-refractivity contribution in [1.29, 1.82) is 0 Å². The first-order valence-electron chi connectivity index (χ1n) is 7.24. The maximum absolute atomic E-state index is 12.2. The Bertz CT molecular complexity index is 672. The minimum absolute atomic E-state index is 0.0878. The van der Waals surface area contributed by atoms with E-state index in [2.05, 4.69) is 0 Å². The highest BCUT2D eigenvalue weighted by molar-refractivity contribution is 7.91. The highest BCUT2D eigenvalue weighted by Crippen LogP contribution is 2.42. The molecule has 0 radical (unpaired) electrons. The van der Waals surface area contributed by atoms with E-state index >= 15 is 0 Å². The molecule has 0 unspecified atom stereocenters. The maximum Gasteiger partial charge on any atom is 0.338 e. The number of rotatable bonds is 4. The number of ether oxygens (including phenoxy) is 1. The molecule has 1 aromatic carbocycles. The topological polar surface area (TPSA) is 60.4 Å². The molecule has 0 bridgehead atoms. The van der Waals surface area contributed by atoms with E-state index in [1.165, 1.54) is 0 Å². The van der Waals surface area contributed by atoms with Crippen LogP contribution in [0.4, 0.5) is 0 Å². The van der Waals surface area contributed by atoms with Crippen molar-refractivity contribution in [3.63, 3.8) is 0 Å². The van der Waals surface area contributed by atoms with Crippen LogP contribution in [-0.4, -0.2) is 26.7 Å². The van der Waals surface area contributed by atoms with Gasteiger partial charge in [0, 0.05) is 5.41 Å². The Morgan fingerprint density at radius 2 is 2.00 bits per heavy atom. The number of fused-ring (bicyclic) bond motifs is 1. The highest BCUT2D eigenvalue weighted by atomic mass is 32.2. The lowest BCUT2D eigenvalue weighted by molar-refractivity contribution is 0.0498. The molecule has 2 rings (SSSR count). The molecule has 0 saturated carbocycles.